The Morgan fingerprint density at radius 1 is 1.62 bits per heavy atom. The maximum atomic E-state index is 11.4. The molecule has 1 amide bonds. The predicted octanol–water partition coefficient (Wildman–Crippen LogP) is 0.802. The number of aromatic nitrogens is 1. The van der Waals surface area contributed by atoms with E-state index in [9.17, 15) is 4.79 Å². The fourth-order valence-corrected chi connectivity index (χ4v) is 0.938. The molecule has 1 aromatic rings. The zero-order valence-corrected chi connectivity index (χ0v) is 7.74. The van der Waals surface area contributed by atoms with Crippen LogP contribution in [0.4, 0.5) is 5.69 Å². The Balaban J connectivity index is 2.83. The maximum absolute atomic E-state index is 11.4. The lowest BCUT2D eigenvalue weighted by Gasteiger charge is -2.08. The first-order chi connectivity index (χ1) is 6.11. The first-order valence-corrected chi connectivity index (χ1v) is 4.12. The van der Waals surface area contributed by atoms with Gasteiger partial charge in [-0.15, -0.1) is 0 Å². The number of anilines is 1. The number of pyridine rings is 1. The number of nitrogens with two attached hydrogens (primary N) is 1. The molecule has 0 bridgehead atoms. The number of hydrogen-bond acceptors (Lipinski definition) is 3. The fraction of sp³-hybridized carbons (Fsp3) is 0.333. The van der Waals surface area contributed by atoms with E-state index in [0.29, 0.717) is 5.69 Å². The van der Waals surface area contributed by atoms with Gasteiger partial charge < -0.3 is 11.1 Å². The Labute approximate surface area is 77.2 Å². The summed E-state index contributed by atoms with van der Waals surface area (Å²) in [4.78, 5) is 15.3. The van der Waals surface area contributed by atoms with Crippen LogP contribution in [0.15, 0.2) is 18.3 Å². The summed E-state index contributed by atoms with van der Waals surface area (Å²) < 4.78 is 0. The van der Waals surface area contributed by atoms with Gasteiger partial charge in [0.25, 0.3) is 5.91 Å². The standard InChI is InChI=1S/C9H13N3O/c1-6(2)12-9(13)8-7(10)4-3-5-11-8/h3-6H,10H2,1-2H3,(H,12,13). The summed E-state index contributed by atoms with van der Waals surface area (Å²) in [6.07, 6.45) is 1.55. The molecule has 0 atom stereocenters. The monoisotopic (exact) mass is 179 g/mol. The number of nitrogens with zero attached hydrogens (tertiary/aromatic N) is 1. The van der Waals surface area contributed by atoms with E-state index in [0.717, 1.165) is 0 Å². The van der Waals surface area contributed by atoms with Gasteiger partial charge in [0.1, 0.15) is 0 Å². The van der Waals surface area contributed by atoms with E-state index in [1.165, 1.54) is 0 Å². The minimum Gasteiger partial charge on any atom is -0.397 e. The van der Waals surface area contributed by atoms with Crippen molar-refractivity contribution in [2.75, 3.05) is 5.73 Å². The molecule has 0 fully saturated rings. The van der Waals surface area contributed by atoms with E-state index < -0.39 is 0 Å². The van der Waals surface area contributed by atoms with Crippen LogP contribution in [-0.4, -0.2) is 16.9 Å². The minimum atomic E-state index is -0.229. The number of rotatable bonds is 2. The summed E-state index contributed by atoms with van der Waals surface area (Å²) in [5.74, 6) is -0.229. The van der Waals surface area contributed by atoms with Crippen LogP contribution in [0.1, 0.15) is 24.3 Å². The summed E-state index contributed by atoms with van der Waals surface area (Å²) in [5, 5.41) is 2.72. The fourth-order valence-electron chi connectivity index (χ4n) is 0.938. The predicted molar refractivity (Wildman–Crippen MR) is 51.3 cm³/mol. The second kappa shape index (κ2) is 3.89. The SMILES string of the molecule is CC(C)NC(=O)c1ncccc1N. The molecule has 0 radical (unpaired) electrons. The third-order valence-corrected chi connectivity index (χ3v) is 1.47. The smallest absolute Gasteiger partial charge is 0.272 e. The van der Waals surface area contributed by atoms with Crippen LogP contribution in [0, 0.1) is 0 Å². The van der Waals surface area contributed by atoms with Gasteiger partial charge >= 0.3 is 0 Å². The molecular formula is C9H13N3O. The molecule has 1 heterocycles. The molecule has 4 nitrogen and oxygen atoms in total. The zero-order valence-electron chi connectivity index (χ0n) is 7.74. The molecule has 0 aliphatic heterocycles. The lowest BCUT2D eigenvalue weighted by atomic mass is 10.2. The van der Waals surface area contributed by atoms with Crippen molar-refractivity contribution in [2.24, 2.45) is 0 Å². The van der Waals surface area contributed by atoms with Crippen LogP contribution in [0.2, 0.25) is 0 Å². The third-order valence-electron chi connectivity index (χ3n) is 1.47. The number of carbonyl (C=O) groups excluding carboxylic acids is 1. The quantitative estimate of drug-likeness (QED) is 0.705. The number of nitrogens with one attached hydrogen (secondary N) is 1. The highest BCUT2D eigenvalue weighted by Gasteiger charge is 2.10. The summed E-state index contributed by atoms with van der Waals surface area (Å²) in [6.45, 7) is 3.77. The van der Waals surface area contributed by atoms with Gasteiger partial charge in [-0.05, 0) is 26.0 Å². The molecule has 0 saturated carbocycles. The van der Waals surface area contributed by atoms with E-state index in [4.69, 9.17) is 5.73 Å². The average Bonchev–Trinajstić information content (AvgIpc) is 2.03. The summed E-state index contributed by atoms with van der Waals surface area (Å²) in [7, 11) is 0. The number of amides is 1. The topological polar surface area (TPSA) is 68.0 Å². The molecule has 0 spiro atoms. The Morgan fingerprint density at radius 3 is 2.85 bits per heavy atom. The van der Waals surface area contributed by atoms with Crippen molar-refractivity contribution in [3.05, 3.63) is 24.0 Å². The molecule has 70 valence electrons. The minimum absolute atomic E-state index is 0.0916. The lowest BCUT2D eigenvalue weighted by Crippen LogP contribution is -2.31. The van der Waals surface area contributed by atoms with Crippen LogP contribution in [0.5, 0.6) is 0 Å². The van der Waals surface area contributed by atoms with Crippen LogP contribution < -0.4 is 11.1 Å². The Bertz CT molecular complexity index is 309. The van der Waals surface area contributed by atoms with Crippen LogP contribution in [0.3, 0.4) is 0 Å². The maximum Gasteiger partial charge on any atom is 0.272 e. The van der Waals surface area contributed by atoms with Crippen molar-refractivity contribution in [1.82, 2.24) is 10.3 Å². The lowest BCUT2D eigenvalue weighted by molar-refractivity contribution is 0.0939. The van der Waals surface area contributed by atoms with Crippen LogP contribution >= 0.6 is 0 Å². The normalized spacial score (nSPS) is 10.1. The molecular weight excluding hydrogens is 166 g/mol. The van der Waals surface area contributed by atoms with Crippen LogP contribution in [0.25, 0.3) is 0 Å². The van der Waals surface area contributed by atoms with Gasteiger partial charge in [-0.1, -0.05) is 0 Å². The van der Waals surface area contributed by atoms with Gasteiger partial charge in [0.15, 0.2) is 5.69 Å². The van der Waals surface area contributed by atoms with Crippen LogP contribution in [-0.2, 0) is 0 Å². The number of hydrogen-bond donors (Lipinski definition) is 2. The molecule has 0 unspecified atom stereocenters. The van der Waals surface area contributed by atoms with E-state index in [-0.39, 0.29) is 17.6 Å². The molecule has 13 heavy (non-hydrogen) atoms. The van der Waals surface area contributed by atoms with E-state index in [1.807, 2.05) is 13.8 Å². The van der Waals surface area contributed by atoms with Gasteiger partial charge in [-0.25, -0.2) is 4.98 Å². The largest absolute Gasteiger partial charge is 0.397 e. The Hall–Kier alpha value is -1.58. The van der Waals surface area contributed by atoms with Crippen molar-refractivity contribution in [3.63, 3.8) is 0 Å². The highest BCUT2D eigenvalue weighted by Crippen LogP contribution is 2.06. The van der Waals surface area contributed by atoms with E-state index in [2.05, 4.69) is 10.3 Å². The summed E-state index contributed by atoms with van der Waals surface area (Å²) in [5.41, 5.74) is 6.27. The Kier molecular flexibility index (Phi) is 2.84. The van der Waals surface area contributed by atoms with Gasteiger partial charge in [0, 0.05) is 12.2 Å². The molecule has 0 aliphatic rings. The second-order valence-electron chi connectivity index (χ2n) is 3.07. The first-order valence-electron chi connectivity index (χ1n) is 4.12. The summed E-state index contributed by atoms with van der Waals surface area (Å²) >= 11 is 0. The van der Waals surface area contributed by atoms with Crippen molar-refractivity contribution in [1.29, 1.82) is 0 Å². The molecule has 0 saturated heterocycles. The molecule has 0 aromatic carbocycles. The molecule has 0 aliphatic carbocycles. The molecule has 1 rings (SSSR count). The number of carbonyl (C=O) groups is 1. The van der Waals surface area contributed by atoms with E-state index >= 15 is 0 Å². The van der Waals surface area contributed by atoms with Gasteiger partial charge in [0.2, 0.25) is 0 Å². The zero-order chi connectivity index (χ0) is 9.84. The van der Waals surface area contributed by atoms with Crippen molar-refractivity contribution in [2.45, 2.75) is 19.9 Å². The molecule has 1 aromatic heterocycles. The van der Waals surface area contributed by atoms with Crippen molar-refractivity contribution in [3.8, 4) is 0 Å². The number of nitrogen functional groups attached to an aromatic ring is 1. The highest BCUT2D eigenvalue weighted by atomic mass is 16.1. The Morgan fingerprint density at radius 2 is 2.31 bits per heavy atom. The van der Waals surface area contributed by atoms with Gasteiger partial charge in [0.05, 0.1) is 5.69 Å². The van der Waals surface area contributed by atoms with E-state index in [1.54, 1.807) is 18.3 Å². The summed E-state index contributed by atoms with van der Waals surface area (Å²) in [6, 6.07) is 3.44. The highest BCUT2D eigenvalue weighted by molar-refractivity contribution is 5.97. The van der Waals surface area contributed by atoms with Gasteiger partial charge in [-0.3, -0.25) is 4.79 Å². The van der Waals surface area contributed by atoms with Crippen molar-refractivity contribution >= 4 is 11.6 Å². The third kappa shape index (κ3) is 2.43. The molecule has 4 heteroatoms. The first kappa shape index (κ1) is 9.51. The molecule has 3 N–H and O–H groups in total. The van der Waals surface area contributed by atoms with Gasteiger partial charge in [-0.2, -0.15) is 0 Å². The second-order valence-corrected chi connectivity index (χ2v) is 3.07. The average molecular weight is 179 g/mol. The van der Waals surface area contributed by atoms with Crippen molar-refractivity contribution < 1.29 is 4.79 Å².